The highest BCUT2D eigenvalue weighted by atomic mass is 35.5. The number of fused-ring (bicyclic) bond motifs is 1. The number of carbonyl (C=O) groups excluding carboxylic acids is 1. The predicted molar refractivity (Wildman–Crippen MR) is 130 cm³/mol. The van der Waals surface area contributed by atoms with Crippen molar-refractivity contribution in [1.82, 2.24) is 24.8 Å². The van der Waals surface area contributed by atoms with Gasteiger partial charge in [-0.3, -0.25) is 14.2 Å². The first-order chi connectivity index (χ1) is 16.4. The molecule has 34 heavy (non-hydrogen) atoms. The lowest BCUT2D eigenvalue weighted by Crippen LogP contribution is -2.52. The largest absolute Gasteiger partial charge is 0.388 e. The molecule has 0 unspecified atom stereocenters. The summed E-state index contributed by atoms with van der Waals surface area (Å²) in [5.74, 6) is 0.226. The molecular weight excluding hydrogens is 454 g/mol. The molecule has 178 valence electrons. The average Bonchev–Trinajstić information content (AvgIpc) is 2.87. The number of nitrogens with zero attached hydrogens (tertiary/aromatic N) is 4. The van der Waals surface area contributed by atoms with E-state index in [1.54, 1.807) is 12.1 Å². The Kier molecular flexibility index (Phi) is 6.38. The normalized spacial score (nSPS) is 22.6. The molecule has 0 radical (unpaired) electrons. The van der Waals surface area contributed by atoms with Crippen LogP contribution in [-0.2, 0) is 11.3 Å². The molecule has 1 aromatic carbocycles. The number of nitrogens with one attached hydrogen (secondary N) is 1. The van der Waals surface area contributed by atoms with E-state index >= 15 is 0 Å². The Balaban J connectivity index is 1.27. The average molecular weight is 482 g/mol. The number of piperidine rings is 2. The summed E-state index contributed by atoms with van der Waals surface area (Å²) < 4.78 is 1.39. The summed E-state index contributed by atoms with van der Waals surface area (Å²) in [6.45, 7) is 2.63. The minimum Gasteiger partial charge on any atom is -0.388 e. The summed E-state index contributed by atoms with van der Waals surface area (Å²) in [6, 6.07) is 13.4. The van der Waals surface area contributed by atoms with E-state index in [9.17, 15) is 14.7 Å². The second kappa shape index (κ2) is 9.44. The highest BCUT2D eigenvalue weighted by Crippen LogP contribution is 2.33. The molecule has 5 rings (SSSR count). The molecule has 8 nitrogen and oxygen atoms in total. The third-order valence-electron chi connectivity index (χ3n) is 7.14. The zero-order chi connectivity index (χ0) is 23.7. The molecule has 2 N–H and O–H groups in total. The highest BCUT2D eigenvalue weighted by molar-refractivity contribution is 6.29. The van der Waals surface area contributed by atoms with Crippen molar-refractivity contribution < 1.29 is 9.90 Å². The summed E-state index contributed by atoms with van der Waals surface area (Å²) in [6.07, 6.45) is 3.03. The van der Waals surface area contributed by atoms with Crippen molar-refractivity contribution in [3.8, 4) is 0 Å². The van der Waals surface area contributed by atoms with E-state index in [1.807, 2.05) is 23.1 Å². The van der Waals surface area contributed by atoms with E-state index in [4.69, 9.17) is 11.6 Å². The molecule has 2 atom stereocenters. The summed E-state index contributed by atoms with van der Waals surface area (Å²) in [5, 5.41) is 14.9. The molecule has 2 fully saturated rings. The van der Waals surface area contributed by atoms with Crippen molar-refractivity contribution in [2.24, 2.45) is 5.92 Å². The van der Waals surface area contributed by atoms with Gasteiger partial charge in [-0.25, -0.2) is 9.97 Å². The Morgan fingerprint density at radius 2 is 1.94 bits per heavy atom. The van der Waals surface area contributed by atoms with E-state index in [2.05, 4.69) is 27.4 Å². The van der Waals surface area contributed by atoms with Gasteiger partial charge in [0.15, 0.2) is 5.52 Å². The molecule has 2 aliphatic rings. The lowest BCUT2D eigenvalue weighted by Gasteiger charge is -2.41. The summed E-state index contributed by atoms with van der Waals surface area (Å²) in [5.41, 5.74) is 0.400. The first-order valence-corrected chi connectivity index (χ1v) is 12.1. The Morgan fingerprint density at radius 1 is 1.18 bits per heavy atom. The van der Waals surface area contributed by atoms with Crippen LogP contribution >= 0.6 is 11.6 Å². The second-order valence-electron chi connectivity index (χ2n) is 9.35. The van der Waals surface area contributed by atoms with Crippen LogP contribution in [0.1, 0.15) is 30.7 Å². The number of pyridine rings is 1. The molecule has 1 amide bonds. The fraction of sp³-hybridized carbons (Fsp3) is 0.440. The molecular formula is C25H28ClN5O3. The fourth-order valence-electron chi connectivity index (χ4n) is 5.18. The van der Waals surface area contributed by atoms with Crippen LogP contribution in [0.4, 0.5) is 0 Å². The maximum atomic E-state index is 13.5. The Morgan fingerprint density at radius 3 is 2.71 bits per heavy atom. The number of carbonyl (C=O) groups is 1. The molecule has 0 bridgehead atoms. The Bertz CT molecular complexity index is 1240. The number of benzene rings is 1. The SMILES string of the molecule is O=C([C@@H]1CCNC[C@H]1c1ccccc1)N1CCC(O)(Cn2cnc3ccc(Cl)nc3c2=O)CC1. The molecule has 2 aromatic heterocycles. The number of likely N-dealkylation sites (tertiary alicyclic amines) is 1. The van der Waals surface area contributed by atoms with Gasteiger partial charge in [-0.15, -0.1) is 0 Å². The summed E-state index contributed by atoms with van der Waals surface area (Å²) >= 11 is 5.94. The van der Waals surface area contributed by atoms with Gasteiger partial charge >= 0.3 is 0 Å². The minimum absolute atomic E-state index is 0.0713. The molecule has 0 aliphatic carbocycles. The van der Waals surface area contributed by atoms with Gasteiger partial charge in [0, 0.05) is 31.5 Å². The van der Waals surface area contributed by atoms with Crippen LogP contribution in [0, 0.1) is 5.92 Å². The Hall–Kier alpha value is -2.81. The number of hydrogen-bond acceptors (Lipinski definition) is 6. The van der Waals surface area contributed by atoms with Crippen molar-refractivity contribution in [1.29, 1.82) is 0 Å². The van der Waals surface area contributed by atoms with Crippen LogP contribution in [0.2, 0.25) is 5.15 Å². The first kappa shape index (κ1) is 23.0. The number of hydrogen-bond donors (Lipinski definition) is 2. The zero-order valence-electron chi connectivity index (χ0n) is 18.9. The van der Waals surface area contributed by atoms with Crippen LogP contribution in [0.5, 0.6) is 0 Å². The molecule has 0 spiro atoms. The van der Waals surface area contributed by atoms with E-state index in [0.717, 1.165) is 19.5 Å². The maximum Gasteiger partial charge on any atom is 0.279 e. The third kappa shape index (κ3) is 4.58. The number of rotatable bonds is 4. The standard InChI is InChI=1S/C25H28ClN5O3/c26-21-7-6-20-22(29-21)24(33)31(16-28-20)15-25(34)9-12-30(13-10-25)23(32)18-8-11-27-14-19(18)17-4-2-1-3-5-17/h1-7,16,18-19,27,34H,8-15H2/t18-,19+/m1/s1. The minimum atomic E-state index is -1.10. The lowest BCUT2D eigenvalue weighted by atomic mass is 9.80. The molecule has 9 heteroatoms. The van der Waals surface area contributed by atoms with Gasteiger partial charge < -0.3 is 15.3 Å². The lowest BCUT2D eigenvalue weighted by molar-refractivity contribution is -0.141. The predicted octanol–water partition coefficient (Wildman–Crippen LogP) is 2.19. The van der Waals surface area contributed by atoms with Gasteiger partial charge in [0.25, 0.3) is 5.56 Å². The first-order valence-electron chi connectivity index (χ1n) is 11.7. The highest BCUT2D eigenvalue weighted by Gasteiger charge is 2.39. The van der Waals surface area contributed by atoms with Crippen molar-refractivity contribution in [3.05, 3.63) is 69.9 Å². The quantitative estimate of drug-likeness (QED) is 0.554. The molecule has 2 saturated heterocycles. The van der Waals surface area contributed by atoms with E-state index in [1.165, 1.54) is 16.5 Å². The van der Waals surface area contributed by atoms with Crippen molar-refractivity contribution in [2.45, 2.75) is 37.3 Å². The summed E-state index contributed by atoms with van der Waals surface area (Å²) in [7, 11) is 0. The van der Waals surface area contributed by atoms with Crippen molar-refractivity contribution in [3.63, 3.8) is 0 Å². The molecule has 4 heterocycles. The van der Waals surface area contributed by atoms with Crippen LogP contribution < -0.4 is 10.9 Å². The van der Waals surface area contributed by atoms with Crippen molar-refractivity contribution in [2.75, 3.05) is 26.2 Å². The molecule has 2 aliphatic heterocycles. The second-order valence-corrected chi connectivity index (χ2v) is 9.73. The zero-order valence-corrected chi connectivity index (χ0v) is 19.6. The van der Waals surface area contributed by atoms with Gasteiger partial charge in [-0.2, -0.15) is 0 Å². The number of aromatic nitrogens is 3. The maximum absolute atomic E-state index is 13.5. The van der Waals surface area contributed by atoms with Crippen LogP contribution in [0.25, 0.3) is 11.0 Å². The molecule has 3 aromatic rings. The van der Waals surface area contributed by atoms with Crippen LogP contribution in [-0.4, -0.2) is 62.2 Å². The van der Waals surface area contributed by atoms with E-state index in [0.29, 0.717) is 31.4 Å². The van der Waals surface area contributed by atoms with Gasteiger partial charge in [0.05, 0.1) is 24.0 Å². The summed E-state index contributed by atoms with van der Waals surface area (Å²) in [4.78, 5) is 36.6. The van der Waals surface area contributed by atoms with Gasteiger partial charge in [0.2, 0.25) is 5.91 Å². The van der Waals surface area contributed by atoms with Crippen LogP contribution in [0.3, 0.4) is 0 Å². The Labute approximate surface area is 202 Å². The van der Waals surface area contributed by atoms with E-state index in [-0.39, 0.29) is 40.5 Å². The fourth-order valence-corrected chi connectivity index (χ4v) is 5.33. The number of aliphatic hydroxyl groups is 1. The van der Waals surface area contributed by atoms with E-state index < -0.39 is 5.60 Å². The van der Waals surface area contributed by atoms with Crippen molar-refractivity contribution >= 4 is 28.5 Å². The number of amides is 1. The smallest absolute Gasteiger partial charge is 0.279 e. The van der Waals surface area contributed by atoms with Gasteiger partial charge in [0.1, 0.15) is 5.15 Å². The van der Waals surface area contributed by atoms with Gasteiger partial charge in [-0.05, 0) is 43.5 Å². The molecule has 0 saturated carbocycles. The van der Waals surface area contributed by atoms with Crippen LogP contribution in [0.15, 0.2) is 53.6 Å². The van der Waals surface area contributed by atoms with Gasteiger partial charge in [-0.1, -0.05) is 41.9 Å². The topological polar surface area (TPSA) is 100 Å². The third-order valence-corrected chi connectivity index (χ3v) is 7.35. The monoisotopic (exact) mass is 481 g/mol. The number of halogens is 1.